The summed E-state index contributed by atoms with van der Waals surface area (Å²) in [6.45, 7) is 2.34. The summed E-state index contributed by atoms with van der Waals surface area (Å²) in [5, 5.41) is 26.5. The molecule has 0 aliphatic heterocycles. The minimum Gasteiger partial charge on any atom is -0.491 e. The zero-order valence-electron chi connectivity index (χ0n) is 15.8. The van der Waals surface area contributed by atoms with Gasteiger partial charge >= 0.3 is 0 Å². The van der Waals surface area contributed by atoms with Crippen molar-refractivity contribution in [3.05, 3.63) is 69.8 Å². The van der Waals surface area contributed by atoms with Gasteiger partial charge in [0.1, 0.15) is 30.1 Å². The quantitative estimate of drug-likeness (QED) is 0.254. The summed E-state index contributed by atoms with van der Waals surface area (Å²) in [5.74, 6) is -0.391. The number of nitrogens with one attached hydrogen (secondary N) is 2. The molecular formula is C19H22F2N4O4. The Bertz CT molecular complexity index is 847. The zero-order valence-corrected chi connectivity index (χ0v) is 15.8. The Balaban J connectivity index is 1.85. The van der Waals surface area contributed by atoms with E-state index < -0.39 is 22.7 Å². The number of benzene rings is 2. The maximum absolute atomic E-state index is 13.7. The number of rotatable bonds is 9. The molecule has 10 heteroatoms. The van der Waals surface area contributed by atoms with Gasteiger partial charge < -0.3 is 20.5 Å². The smallest absolute Gasteiger partial charge is 0.269 e. The Morgan fingerprint density at radius 1 is 1.24 bits per heavy atom. The van der Waals surface area contributed by atoms with Gasteiger partial charge in [0.2, 0.25) is 0 Å². The molecule has 2 rings (SSSR count). The van der Waals surface area contributed by atoms with E-state index in [1.165, 1.54) is 24.3 Å². The minimum absolute atomic E-state index is 0.0528. The van der Waals surface area contributed by atoms with E-state index in [0.29, 0.717) is 18.3 Å². The molecule has 0 aromatic heterocycles. The van der Waals surface area contributed by atoms with E-state index >= 15 is 0 Å². The number of halogens is 2. The molecule has 8 nitrogen and oxygen atoms in total. The molecule has 0 bridgehead atoms. The highest BCUT2D eigenvalue weighted by Gasteiger charge is 2.09. The normalized spacial score (nSPS) is 12.3. The third kappa shape index (κ3) is 7.34. The predicted molar refractivity (Wildman–Crippen MR) is 104 cm³/mol. The molecule has 2 aromatic carbocycles. The third-order valence-electron chi connectivity index (χ3n) is 3.75. The van der Waals surface area contributed by atoms with E-state index in [1.54, 1.807) is 0 Å². The van der Waals surface area contributed by atoms with Gasteiger partial charge in [-0.05, 0) is 37.3 Å². The van der Waals surface area contributed by atoms with Crippen molar-refractivity contribution in [2.75, 3.05) is 19.7 Å². The van der Waals surface area contributed by atoms with E-state index in [9.17, 15) is 24.0 Å². The van der Waals surface area contributed by atoms with Gasteiger partial charge in [0, 0.05) is 30.8 Å². The molecule has 0 saturated heterocycles. The lowest BCUT2D eigenvalue weighted by Gasteiger charge is -2.16. The Morgan fingerprint density at radius 3 is 2.62 bits per heavy atom. The lowest BCUT2D eigenvalue weighted by Crippen LogP contribution is -2.42. The first kappa shape index (κ1) is 22.0. The summed E-state index contributed by atoms with van der Waals surface area (Å²) >= 11 is 0. The summed E-state index contributed by atoms with van der Waals surface area (Å²) in [7, 11) is 0. The number of aliphatic hydroxyl groups is 1. The van der Waals surface area contributed by atoms with Gasteiger partial charge in [0.25, 0.3) is 5.69 Å². The molecule has 0 heterocycles. The lowest BCUT2D eigenvalue weighted by atomic mass is 10.2. The average Bonchev–Trinajstić information content (AvgIpc) is 2.71. The van der Waals surface area contributed by atoms with Crippen LogP contribution in [0.5, 0.6) is 5.75 Å². The van der Waals surface area contributed by atoms with Gasteiger partial charge in [-0.15, -0.1) is 0 Å². The van der Waals surface area contributed by atoms with Crippen LogP contribution in [0.15, 0.2) is 47.5 Å². The molecule has 29 heavy (non-hydrogen) atoms. The summed E-state index contributed by atoms with van der Waals surface area (Å²) in [6, 6.07) is 8.65. The Labute approximate surface area is 166 Å². The zero-order chi connectivity index (χ0) is 21.2. The monoisotopic (exact) mass is 408 g/mol. The highest BCUT2D eigenvalue weighted by atomic mass is 19.1. The van der Waals surface area contributed by atoms with Crippen LogP contribution in [0.3, 0.4) is 0 Å². The van der Waals surface area contributed by atoms with Gasteiger partial charge in [0.05, 0.1) is 11.5 Å². The van der Waals surface area contributed by atoms with E-state index in [4.69, 9.17) is 4.74 Å². The maximum atomic E-state index is 13.7. The van der Waals surface area contributed by atoms with Crippen LogP contribution in [0.25, 0.3) is 0 Å². The largest absolute Gasteiger partial charge is 0.491 e. The molecular weight excluding hydrogens is 386 g/mol. The number of aliphatic imine (C=N–C) groups is 1. The number of non-ortho nitro benzene ring substituents is 1. The predicted octanol–water partition coefficient (Wildman–Crippen LogP) is 2.37. The van der Waals surface area contributed by atoms with Crippen LogP contribution in [0.4, 0.5) is 14.5 Å². The molecule has 0 saturated carbocycles. The topological polar surface area (TPSA) is 109 Å². The molecule has 0 radical (unpaired) electrons. The SMILES string of the molecule is CCNC(=NCc1cc(F)ccc1F)NCC(O)COc1ccc([N+](=O)[O-])cc1. The van der Waals surface area contributed by atoms with Crippen LogP contribution in [0.1, 0.15) is 12.5 Å². The fourth-order valence-corrected chi connectivity index (χ4v) is 2.30. The number of nitro benzene ring substituents is 1. The van der Waals surface area contributed by atoms with Crippen molar-refractivity contribution in [2.45, 2.75) is 19.6 Å². The van der Waals surface area contributed by atoms with Crippen LogP contribution in [-0.4, -0.2) is 41.8 Å². The highest BCUT2D eigenvalue weighted by Crippen LogP contribution is 2.17. The van der Waals surface area contributed by atoms with E-state index in [2.05, 4.69) is 15.6 Å². The number of nitrogens with zero attached hydrogens (tertiary/aromatic N) is 2. The number of guanidine groups is 1. The second kappa shape index (κ2) is 10.9. The van der Waals surface area contributed by atoms with Gasteiger partial charge in [-0.1, -0.05) is 0 Å². The van der Waals surface area contributed by atoms with E-state index in [-0.39, 0.29) is 30.9 Å². The maximum Gasteiger partial charge on any atom is 0.269 e. The fourth-order valence-electron chi connectivity index (χ4n) is 2.30. The van der Waals surface area contributed by atoms with Crippen molar-refractivity contribution in [2.24, 2.45) is 4.99 Å². The van der Waals surface area contributed by atoms with E-state index in [1.807, 2.05) is 6.92 Å². The summed E-state index contributed by atoms with van der Waals surface area (Å²) in [6.07, 6.45) is -0.903. The molecule has 3 N–H and O–H groups in total. The van der Waals surface area contributed by atoms with Crippen molar-refractivity contribution in [3.8, 4) is 5.75 Å². The summed E-state index contributed by atoms with van der Waals surface area (Å²) in [4.78, 5) is 14.3. The van der Waals surface area contributed by atoms with Gasteiger partial charge in [0.15, 0.2) is 5.96 Å². The number of hydrogen-bond acceptors (Lipinski definition) is 5. The Morgan fingerprint density at radius 2 is 1.97 bits per heavy atom. The van der Waals surface area contributed by atoms with Crippen molar-refractivity contribution < 1.29 is 23.5 Å². The number of nitro groups is 1. The third-order valence-corrected chi connectivity index (χ3v) is 3.75. The second-order valence-corrected chi connectivity index (χ2v) is 6.03. The molecule has 0 spiro atoms. The minimum atomic E-state index is -0.903. The second-order valence-electron chi connectivity index (χ2n) is 6.03. The van der Waals surface area contributed by atoms with Gasteiger partial charge in [-0.2, -0.15) is 0 Å². The van der Waals surface area contributed by atoms with Crippen LogP contribution in [0, 0.1) is 21.7 Å². The highest BCUT2D eigenvalue weighted by molar-refractivity contribution is 5.79. The molecule has 1 atom stereocenters. The first-order valence-electron chi connectivity index (χ1n) is 8.90. The van der Waals surface area contributed by atoms with Crippen molar-refractivity contribution in [1.82, 2.24) is 10.6 Å². The van der Waals surface area contributed by atoms with E-state index in [0.717, 1.165) is 18.2 Å². The molecule has 0 aliphatic carbocycles. The number of hydrogen-bond donors (Lipinski definition) is 3. The molecule has 0 fully saturated rings. The molecule has 0 aliphatic rings. The number of aliphatic hydroxyl groups excluding tert-OH is 1. The fraction of sp³-hybridized carbons (Fsp3) is 0.316. The molecule has 1 unspecified atom stereocenters. The first-order chi connectivity index (χ1) is 13.9. The Kier molecular flexibility index (Phi) is 8.28. The molecule has 156 valence electrons. The molecule has 0 amide bonds. The van der Waals surface area contributed by atoms with Crippen molar-refractivity contribution in [1.29, 1.82) is 0 Å². The Hall–Kier alpha value is -3.27. The van der Waals surface area contributed by atoms with Crippen LogP contribution < -0.4 is 15.4 Å². The van der Waals surface area contributed by atoms with Crippen molar-refractivity contribution >= 4 is 11.6 Å². The van der Waals surface area contributed by atoms with Crippen molar-refractivity contribution in [3.63, 3.8) is 0 Å². The van der Waals surface area contributed by atoms with Gasteiger partial charge in [-0.25, -0.2) is 13.8 Å². The van der Waals surface area contributed by atoms with Crippen LogP contribution in [-0.2, 0) is 6.54 Å². The lowest BCUT2D eigenvalue weighted by molar-refractivity contribution is -0.384. The number of ether oxygens (including phenoxy) is 1. The van der Waals surface area contributed by atoms with Gasteiger partial charge in [-0.3, -0.25) is 10.1 Å². The van der Waals surface area contributed by atoms with Crippen LogP contribution in [0.2, 0.25) is 0 Å². The average molecular weight is 408 g/mol. The summed E-state index contributed by atoms with van der Waals surface area (Å²) in [5.41, 5.74) is 0.0602. The molecule has 2 aromatic rings. The standard InChI is InChI=1S/C19H22F2N4O4/c1-2-22-19(23-10-13-9-14(20)3-8-18(13)21)24-11-16(26)12-29-17-6-4-15(5-7-17)25(27)28/h3-9,16,26H,2,10-12H2,1H3,(H2,22,23,24). The first-order valence-corrected chi connectivity index (χ1v) is 8.90. The van der Waals surface area contributed by atoms with Crippen LogP contribution >= 0.6 is 0 Å². The summed E-state index contributed by atoms with van der Waals surface area (Å²) < 4.78 is 32.3.